The molecule has 2 N–H and O–H groups in total. The Labute approximate surface area is 85.6 Å². The van der Waals surface area contributed by atoms with Gasteiger partial charge >= 0.3 is 0 Å². The van der Waals surface area contributed by atoms with Crippen LogP contribution in [0.5, 0.6) is 0 Å². The Hall–Kier alpha value is -1.29. The number of carbonyl (C=O) groups is 1. The molecule has 0 bridgehead atoms. The number of amides is 1. The summed E-state index contributed by atoms with van der Waals surface area (Å²) in [5.41, 5.74) is 0.176. The first-order valence-corrected chi connectivity index (χ1v) is 4.41. The molecule has 0 aromatic rings. The Morgan fingerprint density at radius 1 is 1.29 bits per heavy atom. The molecule has 0 aromatic carbocycles. The topological polar surface area (TPSA) is 49.6 Å². The molecule has 0 spiro atoms. The number of hydrazine groups is 1. The molecule has 0 atom stereocenters. The van der Waals surface area contributed by atoms with Crippen molar-refractivity contribution in [3.05, 3.63) is 24.6 Å². The molecule has 0 fully saturated rings. The van der Waals surface area contributed by atoms with Gasteiger partial charge in [-0.25, -0.2) is 5.84 Å². The number of carbonyl (C=O) groups excluding carboxylic acids is 1. The highest BCUT2D eigenvalue weighted by Crippen LogP contribution is 2.21. The SMILES string of the molecule is CC1(C)C=CN(N)C=C1.CN(C)C=O. The van der Waals surface area contributed by atoms with Crippen LogP contribution < -0.4 is 5.84 Å². The average Bonchev–Trinajstić information content (AvgIpc) is 2.11. The molecule has 1 aliphatic rings. The van der Waals surface area contributed by atoms with E-state index in [0.29, 0.717) is 0 Å². The van der Waals surface area contributed by atoms with Crippen LogP contribution >= 0.6 is 0 Å². The monoisotopic (exact) mass is 197 g/mol. The summed E-state index contributed by atoms with van der Waals surface area (Å²) in [6.45, 7) is 4.26. The first-order chi connectivity index (χ1) is 6.37. The van der Waals surface area contributed by atoms with E-state index in [1.807, 2.05) is 12.4 Å². The fourth-order valence-electron chi connectivity index (χ4n) is 0.662. The molecule has 0 saturated heterocycles. The van der Waals surface area contributed by atoms with E-state index in [9.17, 15) is 4.79 Å². The van der Waals surface area contributed by atoms with Gasteiger partial charge in [-0.3, -0.25) is 9.80 Å². The number of allylic oxidation sites excluding steroid dienone is 2. The van der Waals surface area contributed by atoms with Gasteiger partial charge in [-0.15, -0.1) is 0 Å². The number of hydrogen-bond donors (Lipinski definition) is 1. The smallest absolute Gasteiger partial charge is 0.209 e. The molecule has 0 aromatic heterocycles. The maximum atomic E-state index is 9.43. The van der Waals surface area contributed by atoms with E-state index in [1.165, 1.54) is 4.90 Å². The van der Waals surface area contributed by atoms with Crippen molar-refractivity contribution in [2.24, 2.45) is 11.3 Å². The third kappa shape index (κ3) is 6.25. The van der Waals surface area contributed by atoms with E-state index < -0.39 is 0 Å². The lowest BCUT2D eigenvalue weighted by molar-refractivity contribution is -0.115. The van der Waals surface area contributed by atoms with E-state index in [1.54, 1.807) is 19.1 Å². The van der Waals surface area contributed by atoms with E-state index in [4.69, 9.17) is 5.84 Å². The van der Waals surface area contributed by atoms with Gasteiger partial charge in [-0.1, -0.05) is 26.0 Å². The lowest BCUT2D eigenvalue weighted by Gasteiger charge is -2.21. The minimum Gasteiger partial charge on any atom is -0.351 e. The van der Waals surface area contributed by atoms with Gasteiger partial charge in [0, 0.05) is 31.9 Å². The fourth-order valence-corrected chi connectivity index (χ4v) is 0.662. The molecule has 4 nitrogen and oxygen atoms in total. The lowest BCUT2D eigenvalue weighted by Crippen LogP contribution is -2.23. The molecule has 1 aliphatic heterocycles. The summed E-state index contributed by atoms with van der Waals surface area (Å²) >= 11 is 0. The van der Waals surface area contributed by atoms with Crippen LogP contribution in [-0.2, 0) is 4.79 Å². The molecule has 80 valence electrons. The predicted octanol–water partition coefficient (Wildman–Crippen LogP) is 0.934. The Bertz CT molecular complexity index is 216. The minimum atomic E-state index is 0.176. The Morgan fingerprint density at radius 3 is 1.86 bits per heavy atom. The van der Waals surface area contributed by atoms with Crippen LogP contribution in [0.2, 0.25) is 0 Å². The van der Waals surface area contributed by atoms with Gasteiger partial charge in [0.2, 0.25) is 6.41 Å². The standard InChI is InChI=1S/C7H12N2.C3H7NO/c1-7(2)3-5-9(8)6-4-7;1-4(2)3-5/h3-6H,8H2,1-2H3;3H,1-2H3. The van der Waals surface area contributed by atoms with Crippen molar-refractivity contribution in [1.29, 1.82) is 0 Å². The first kappa shape index (κ1) is 12.7. The molecule has 0 saturated carbocycles. The minimum absolute atomic E-state index is 0.176. The summed E-state index contributed by atoms with van der Waals surface area (Å²) in [6, 6.07) is 0. The second-order valence-corrected chi connectivity index (χ2v) is 3.97. The Kier molecular flexibility index (Phi) is 4.94. The van der Waals surface area contributed by atoms with Gasteiger partial charge in [0.15, 0.2) is 0 Å². The Balaban J connectivity index is 0.000000292. The number of nitrogens with zero attached hydrogens (tertiary/aromatic N) is 2. The lowest BCUT2D eigenvalue weighted by atomic mass is 9.92. The van der Waals surface area contributed by atoms with Crippen LogP contribution in [0.25, 0.3) is 0 Å². The molecule has 0 radical (unpaired) electrons. The molecular formula is C10H19N3O. The largest absolute Gasteiger partial charge is 0.351 e. The summed E-state index contributed by atoms with van der Waals surface area (Å²) in [5.74, 6) is 5.42. The van der Waals surface area contributed by atoms with Crippen LogP contribution in [0.1, 0.15) is 13.8 Å². The van der Waals surface area contributed by atoms with E-state index in [2.05, 4.69) is 26.0 Å². The molecule has 4 heteroatoms. The maximum Gasteiger partial charge on any atom is 0.209 e. The molecule has 14 heavy (non-hydrogen) atoms. The van der Waals surface area contributed by atoms with Gasteiger partial charge < -0.3 is 4.90 Å². The highest BCUT2D eigenvalue weighted by Gasteiger charge is 2.11. The second-order valence-electron chi connectivity index (χ2n) is 3.97. The highest BCUT2D eigenvalue weighted by atomic mass is 16.1. The third-order valence-corrected chi connectivity index (χ3v) is 1.56. The summed E-state index contributed by atoms with van der Waals surface area (Å²) < 4.78 is 0. The van der Waals surface area contributed by atoms with Crippen molar-refractivity contribution < 1.29 is 4.79 Å². The molecule has 1 rings (SSSR count). The van der Waals surface area contributed by atoms with E-state index in [0.717, 1.165) is 6.41 Å². The second kappa shape index (κ2) is 5.44. The zero-order valence-corrected chi connectivity index (χ0v) is 9.27. The highest BCUT2D eigenvalue weighted by molar-refractivity contribution is 5.45. The molecule has 0 unspecified atom stereocenters. The van der Waals surface area contributed by atoms with Crippen LogP contribution in [0.15, 0.2) is 24.6 Å². The van der Waals surface area contributed by atoms with Crippen LogP contribution in [0.3, 0.4) is 0 Å². The normalized spacial score (nSPS) is 17.1. The van der Waals surface area contributed by atoms with Crippen molar-refractivity contribution in [1.82, 2.24) is 9.91 Å². The van der Waals surface area contributed by atoms with Crippen LogP contribution in [-0.4, -0.2) is 30.4 Å². The summed E-state index contributed by atoms with van der Waals surface area (Å²) in [5, 5.41) is 1.55. The van der Waals surface area contributed by atoms with Gasteiger partial charge in [0.25, 0.3) is 0 Å². The average molecular weight is 197 g/mol. The van der Waals surface area contributed by atoms with Crippen LogP contribution in [0, 0.1) is 5.41 Å². The molecule has 0 aliphatic carbocycles. The molecule has 1 amide bonds. The van der Waals surface area contributed by atoms with Crippen molar-refractivity contribution in [3.63, 3.8) is 0 Å². The zero-order chi connectivity index (χ0) is 11.2. The summed E-state index contributed by atoms with van der Waals surface area (Å²) in [6.07, 6.45) is 8.60. The number of nitrogens with two attached hydrogens (primary N) is 1. The predicted molar refractivity (Wildman–Crippen MR) is 57.8 cm³/mol. The van der Waals surface area contributed by atoms with E-state index >= 15 is 0 Å². The molecular weight excluding hydrogens is 178 g/mol. The maximum absolute atomic E-state index is 9.43. The van der Waals surface area contributed by atoms with Crippen LogP contribution in [0.4, 0.5) is 0 Å². The van der Waals surface area contributed by atoms with Crippen molar-refractivity contribution >= 4 is 6.41 Å². The van der Waals surface area contributed by atoms with Gasteiger partial charge in [-0.05, 0) is 0 Å². The fraction of sp³-hybridized carbons (Fsp3) is 0.500. The zero-order valence-electron chi connectivity index (χ0n) is 9.27. The van der Waals surface area contributed by atoms with Gasteiger partial charge in [-0.2, -0.15) is 0 Å². The first-order valence-electron chi connectivity index (χ1n) is 4.41. The van der Waals surface area contributed by atoms with E-state index in [-0.39, 0.29) is 5.41 Å². The summed E-state index contributed by atoms with van der Waals surface area (Å²) in [7, 11) is 3.38. The van der Waals surface area contributed by atoms with Crippen molar-refractivity contribution in [3.8, 4) is 0 Å². The number of rotatable bonds is 1. The number of hydrogen-bond acceptors (Lipinski definition) is 3. The van der Waals surface area contributed by atoms with Gasteiger partial charge in [0.05, 0.1) is 0 Å². The third-order valence-electron chi connectivity index (χ3n) is 1.56. The van der Waals surface area contributed by atoms with Gasteiger partial charge in [0.1, 0.15) is 0 Å². The van der Waals surface area contributed by atoms with Crippen molar-refractivity contribution in [2.75, 3.05) is 14.1 Å². The summed E-state index contributed by atoms with van der Waals surface area (Å²) in [4.78, 5) is 10.9. The quantitative estimate of drug-likeness (QED) is 0.502. The van der Waals surface area contributed by atoms with Crippen molar-refractivity contribution in [2.45, 2.75) is 13.8 Å². The molecule has 1 heterocycles. The Morgan fingerprint density at radius 2 is 1.64 bits per heavy atom.